The Morgan fingerprint density at radius 2 is 1.65 bits per heavy atom. The van der Waals surface area contributed by atoms with Crippen LogP contribution in [0.1, 0.15) is 0 Å². The first kappa shape index (κ1) is 13.5. The molecule has 1 rings (SSSR count). The second-order valence-electron chi connectivity index (χ2n) is 2.83. The Morgan fingerprint density at radius 3 is 2.00 bits per heavy atom. The van der Waals surface area contributed by atoms with Gasteiger partial charge in [-0.05, 0) is 24.3 Å². The Labute approximate surface area is 93.6 Å². The summed E-state index contributed by atoms with van der Waals surface area (Å²) in [7, 11) is -4.44. The van der Waals surface area contributed by atoms with Crippen molar-refractivity contribution in [3.63, 3.8) is 0 Å². The van der Waals surface area contributed by atoms with Crippen molar-refractivity contribution < 1.29 is 35.7 Å². The summed E-state index contributed by atoms with van der Waals surface area (Å²) in [6.07, 6.45) is -5.14. The van der Waals surface area contributed by atoms with Gasteiger partial charge in [-0.1, -0.05) is 0 Å². The molecule has 94 valence electrons. The number of ether oxygens (including phenoxy) is 1. The van der Waals surface area contributed by atoms with Crippen molar-refractivity contribution in [3.05, 3.63) is 24.3 Å². The van der Waals surface area contributed by atoms with E-state index in [1.807, 2.05) is 0 Å². The van der Waals surface area contributed by atoms with Gasteiger partial charge in [0.2, 0.25) is 0 Å². The lowest BCUT2D eigenvalue weighted by Gasteiger charge is -2.06. The van der Waals surface area contributed by atoms with Crippen LogP contribution in [0.3, 0.4) is 0 Å². The molecule has 0 aliphatic carbocycles. The fourth-order valence-electron chi connectivity index (χ4n) is 0.845. The lowest BCUT2D eigenvalue weighted by atomic mass is 10.3. The van der Waals surface area contributed by atoms with Crippen LogP contribution in [0.15, 0.2) is 29.2 Å². The summed E-state index contributed by atoms with van der Waals surface area (Å²) in [5.41, 5.74) is 0. The summed E-state index contributed by atoms with van der Waals surface area (Å²) in [5, 5.41) is 0. The molecule has 0 radical (unpaired) electrons. The van der Waals surface area contributed by atoms with Crippen molar-refractivity contribution in [2.24, 2.45) is 0 Å². The molecule has 0 aliphatic heterocycles. The van der Waals surface area contributed by atoms with Crippen LogP contribution in [0.2, 0.25) is 0 Å². The van der Waals surface area contributed by atoms with Crippen LogP contribution < -0.4 is 4.74 Å². The molecule has 0 aliphatic rings. The lowest BCUT2D eigenvalue weighted by Crippen LogP contribution is -2.27. The highest BCUT2D eigenvalue weighted by molar-refractivity contribution is 7.85. The molecule has 5 nitrogen and oxygen atoms in total. The zero-order valence-electron chi connectivity index (χ0n) is 7.93. The number of rotatable bonds is 2. The molecule has 17 heavy (non-hydrogen) atoms. The average Bonchev–Trinajstić information content (AvgIpc) is 2.15. The maximum absolute atomic E-state index is 11.8. The number of benzene rings is 1. The van der Waals surface area contributed by atoms with Crippen LogP contribution >= 0.6 is 0 Å². The highest BCUT2D eigenvalue weighted by atomic mass is 32.2. The number of carbonyl (C=O) groups is 1. The quantitative estimate of drug-likeness (QED) is 0.499. The van der Waals surface area contributed by atoms with Gasteiger partial charge in [-0.15, -0.1) is 0 Å². The summed E-state index contributed by atoms with van der Waals surface area (Å²) in [5.74, 6) is -2.91. The van der Waals surface area contributed by atoms with E-state index in [2.05, 4.69) is 4.74 Å². The second-order valence-corrected chi connectivity index (χ2v) is 4.26. The summed E-state index contributed by atoms with van der Waals surface area (Å²) in [4.78, 5) is 9.88. The molecule has 1 aromatic carbocycles. The molecule has 0 spiro atoms. The fraction of sp³-hybridized carbons (Fsp3) is 0.125. The topological polar surface area (TPSA) is 80.7 Å². The van der Waals surface area contributed by atoms with Crippen LogP contribution in [0.5, 0.6) is 5.75 Å². The first-order valence-corrected chi connectivity index (χ1v) is 5.41. The maximum atomic E-state index is 11.8. The summed E-state index contributed by atoms with van der Waals surface area (Å²) in [6.45, 7) is 0. The molecule has 0 amide bonds. The van der Waals surface area contributed by atoms with Crippen LogP contribution in [0.25, 0.3) is 0 Å². The number of esters is 1. The minimum absolute atomic E-state index is 0.486. The largest absolute Gasteiger partial charge is 0.491 e. The van der Waals surface area contributed by atoms with E-state index < -0.39 is 32.9 Å². The van der Waals surface area contributed by atoms with Crippen molar-refractivity contribution in [1.82, 2.24) is 0 Å². The molecule has 0 unspecified atom stereocenters. The zero-order chi connectivity index (χ0) is 13.3. The van der Waals surface area contributed by atoms with Crippen molar-refractivity contribution in [2.45, 2.75) is 11.1 Å². The maximum Gasteiger partial charge on any atom is 0.491 e. The third-order valence-electron chi connectivity index (χ3n) is 1.56. The first-order chi connectivity index (χ1) is 7.60. The van der Waals surface area contributed by atoms with Gasteiger partial charge in [-0.3, -0.25) is 4.55 Å². The van der Waals surface area contributed by atoms with Crippen LogP contribution in [0, 0.1) is 0 Å². The fourth-order valence-corrected chi connectivity index (χ4v) is 1.32. The van der Waals surface area contributed by atoms with Gasteiger partial charge >= 0.3 is 12.1 Å². The standard InChI is InChI=1S/C8H5F3O5S/c9-8(10,11)7(12)16-5-1-3-6(4-2-5)17(13,14)15/h1-4H,(H,13,14,15). The van der Waals surface area contributed by atoms with E-state index in [0.717, 1.165) is 24.3 Å². The highest BCUT2D eigenvalue weighted by Crippen LogP contribution is 2.21. The Morgan fingerprint density at radius 1 is 1.18 bits per heavy atom. The molecule has 0 atom stereocenters. The molecule has 0 saturated carbocycles. The van der Waals surface area contributed by atoms with E-state index in [1.54, 1.807) is 0 Å². The molecule has 9 heteroatoms. The number of hydrogen-bond acceptors (Lipinski definition) is 4. The molecule has 0 fully saturated rings. The van der Waals surface area contributed by atoms with E-state index in [1.165, 1.54) is 0 Å². The van der Waals surface area contributed by atoms with E-state index in [4.69, 9.17) is 4.55 Å². The third kappa shape index (κ3) is 3.71. The second kappa shape index (κ2) is 4.34. The smallest absolute Gasteiger partial charge is 0.420 e. The SMILES string of the molecule is O=C(Oc1ccc(S(=O)(=O)O)cc1)C(F)(F)F. The van der Waals surface area contributed by atoms with Gasteiger partial charge in [-0.25, -0.2) is 4.79 Å². The zero-order valence-corrected chi connectivity index (χ0v) is 8.75. The van der Waals surface area contributed by atoms with E-state index in [9.17, 15) is 26.4 Å². The molecule has 0 saturated heterocycles. The highest BCUT2D eigenvalue weighted by Gasteiger charge is 2.41. The van der Waals surface area contributed by atoms with E-state index in [0.29, 0.717) is 0 Å². The predicted octanol–water partition coefficient (Wildman–Crippen LogP) is 1.40. The molecule has 0 bridgehead atoms. The molecule has 1 aromatic rings. The number of alkyl halides is 3. The predicted molar refractivity (Wildman–Crippen MR) is 47.9 cm³/mol. The van der Waals surface area contributed by atoms with Crippen molar-refractivity contribution >= 4 is 16.1 Å². The molecular weight excluding hydrogens is 265 g/mol. The lowest BCUT2D eigenvalue weighted by molar-refractivity contribution is -0.189. The van der Waals surface area contributed by atoms with E-state index >= 15 is 0 Å². The van der Waals surface area contributed by atoms with Gasteiger partial charge in [0.05, 0.1) is 4.90 Å². The molecule has 0 heterocycles. The summed E-state index contributed by atoms with van der Waals surface area (Å²) < 4.78 is 69.0. The van der Waals surface area contributed by atoms with Crippen LogP contribution in [-0.2, 0) is 14.9 Å². The Kier molecular flexibility index (Phi) is 3.43. The number of halogens is 3. The minimum Gasteiger partial charge on any atom is -0.420 e. The number of hydrogen-bond donors (Lipinski definition) is 1. The Balaban J connectivity index is 2.87. The summed E-state index contributed by atoms with van der Waals surface area (Å²) in [6, 6.07) is 3.22. The van der Waals surface area contributed by atoms with Gasteiger partial charge in [0, 0.05) is 0 Å². The van der Waals surface area contributed by atoms with Gasteiger partial charge in [-0.2, -0.15) is 21.6 Å². The van der Waals surface area contributed by atoms with Crippen molar-refractivity contribution in [3.8, 4) is 5.75 Å². The Hall–Kier alpha value is -1.61. The molecule has 0 aromatic heterocycles. The Bertz CT molecular complexity index is 517. The first-order valence-electron chi connectivity index (χ1n) is 3.97. The van der Waals surface area contributed by atoms with Gasteiger partial charge in [0.1, 0.15) is 5.75 Å². The normalized spacial score (nSPS) is 12.2. The third-order valence-corrected chi connectivity index (χ3v) is 2.43. The monoisotopic (exact) mass is 270 g/mol. The van der Waals surface area contributed by atoms with Crippen molar-refractivity contribution in [1.29, 1.82) is 0 Å². The average molecular weight is 270 g/mol. The molecule has 1 N–H and O–H groups in total. The van der Waals surface area contributed by atoms with E-state index in [-0.39, 0.29) is 0 Å². The van der Waals surface area contributed by atoms with Crippen LogP contribution in [-0.4, -0.2) is 25.1 Å². The number of carbonyl (C=O) groups excluding carboxylic acids is 1. The summed E-state index contributed by atoms with van der Waals surface area (Å²) >= 11 is 0. The van der Waals surface area contributed by atoms with Gasteiger partial charge < -0.3 is 4.74 Å². The van der Waals surface area contributed by atoms with Gasteiger partial charge in [0.25, 0.3) is 10.1 Å². The van der Waals surface area contributed by atoms with Crippen LogP contribution in [0.4, 0.5) is 13.2 Å². The van der Waals surface area contributed by atoms with Gasteiger partial charge in [0.15, 0.2) is 0 Å². The minimum atomic E-state index is -5.14. The van der Waals surface area contributed by atoms with Crippen molar-refractivity contribution in [2.75, 3.05) is 0 Å². The molecular formula is C8H5F3O5S.